The van der Waals surface area contributed by atoms with Gasteiger partial charge in [0.05, 0.1) is 11.3 Å². The monoisotopic (exact) mass is 311 g/mol. The molecule has 3 N–H and O–H groups in total. The summed E-state index contributed by atoms with van der Waals surface area (Å²) in [7, 11) is 0. The molecule has 2 aromatic rings. The van der Waals surface area contributed by atoms with Crippen LogP contribution in [0, 0.1) is 0 Å². The number of aliphatic carboxylic acids is 1. The molecule has 1 amide bonds. The number of benzene rings is 1. The number of hydrogen-bond acceptors (Lipinski definition) is 7. The van der Waals surface area contributed by atoms with Gasteiger partial charge in [-0.15, -0.1) is 10.2 Å². The quantitative estimate of drug-likeness (QED) is 0.568. The van der Waals surface area contributed by atoms with Gasteiger partial charge in [-0.2, -0.15) is 0 Å². The molecular formula is C11H9N3O4S2. The fourth-order valence-corrected chi connectivity index (χ4v) is 2.74. The fourth-order valence-electron chi connectivity index (χ4n) is 1.27. The normalized spacial score (nSPS) is 10.2. The van der Waals surface area contributed by atoms with Crippen LogP contribution >= 0.6 is 23.1 Å². The smallest absolute Gasteiger partial charge is 0.313 e. The number of carbonyl (C=O) groups excluding carboxylic acids is 1. The van der Waals surface area contributed by atoms with E-state index in [0.29, 0.717) is 4.34 Å². The standard InChI is InChI=1S/C11H9N3O4S2/c15-7-4-2-1-3-6(7)9(18)12-10-13-14-11(20-10)19-5-8(16)17/h1-4,15H,5H2,(H,16,17)(H,12,13,18). The molecule has 0 aliphatic heterocycles. The number of carbonyl (C=O) groups is 2. The minimum atomic E-state index is -0.954. The van der Waals surface area contributed by atoms with Gasteiger partial charge in [0, 0.05) is 0 Å². The molecule has 0 radical (unpaired) electrons. The highest BCUT2D eigenvalue weighted by Crippen LogP contribution is 2.26. The number of aromatic hydroxyl groups is 1. The number of carboxylic acid groups (broad SMARTS) is 1. The Balaban J connectivity index is 2.02. The second-order valence-electron chi connectivity index (χ2n) is 3.53. The van der Waals surface area contributed by atoms with Crippen molar-refractivity contribution < 1.29 is 19.8 Å². The Bertz CT molecular complexity index is 644. The topological polar surface area (TPSA) is 112 Å². The predicted octanol–water partition coefficient (Wildman–Crippen LogP) is 1.67. The largest absolute Gasteiger partial charge is 0.507 e. The van der Waals surface area contributed by atoms with Crippen molar-refractivity contribution in [3.05, 3.63) is 29.8 Å². The molecule has 0 spiro atoms. The minimum Gasteiger partial charge on any atom is -0.507 e. The number of amides is 1. The highest BCUT2D eigenvalue weighted by Gasteiger charge is 2.13. The highest BCUT2D eigenvalue weighted by molar-refractivity contribution is 8.01. The van der Waals surface area contributed by atoms with Gasteiger partial charge in [0.25, 0.3) is 5.91 Å². The number of aromatic nitrogens is 2. The first kappa shape index (κ1) is 14.3. The van der Waals surface area contributed by atoms with Crippen molar-refractivity contribution in [2.24, 2.45) is 0 Å². The van der Waals surface area contributed by atoms with Gasteiger partial charge in [-0.05, 0) is 12.1 Å². The van der Waals surface area contributed by atoms with Gasteiger partial charge in [0.15, 0.2) is 4.34 Å². The van der Waals surface area contributed by atoms with E-state index in [-0.39, 0.29) is 22.2 Å². The zero-order valence-corrected chi connectivity index (χ0v) is 11.6. The Labute approximate surface area is 121 Å². The number of rotatable bonds is 5. The molecule has 0 bridgehead atoms. The molecular weight excluding hydrogens is 302 g/mol. The number of anilines is 1. The van der Waals surface area contributed by atoms with Crippen LogP contribution in [0.4, 0.5) is 5.13 Å². The molecule has 1 aromatic carbocycles. The van der Waals surface area contributed by atoms with Gasteiger partial charge in [0.1, 0.15) is 5.75 Å². The SMILES string of the molecule is O=C(O)CSc1nnc(NC(=O)c2ccccc2O)s1. The van der Waals surface area contributed by atoms with E-state index in [9.17, 15) is 14.7 Å². The number of phenolic OH excluding ortho intramolecular Hbond substituents is 1. The van der Waals surface area contributed by atoms with Crippen molar-refractivity contribution in [3.8, 4) is 5.75 Å². The summed E-state index contributed by atoms with van der Waals surface area (Å²) in [5.74, 6) is -1.71. The van der Waals surface area contributed by atoms with Crippen LogP contribution in [0.1, 0.15) is 10.4 Å². The first-order valence-corrected chi connectivity index (χ1v) is 7.14. The first-order valence-electron chi connectivity index (χ1n) is 5.33. The molecule has 1 heterocycles. The summed E-state index contributed by atoms with van der Waals surface area (Å²) in [6, 6.07) is 6.12. The maximum atomic E-state index is 11.9. The fraction of sp³-hybridized carbons (Fsp3) is 0.0909. The molecule has 9 heteroatoms. The maximum absolute atomic E-state index is 11.9. The van der Waals surface area contributed by atoms with Crippen LogP contribution in [0.3, 0.4) is 0 Å². The summed E-state index contributed by atoms with van der Waals surface area (Å²) < 4.78 is 0.444. The van der Waals surface area contributed by atoms with Crippen molar-refractivity contribution in [3.63, 3.8) is 0 Å². The Kier molecular flexibility index (Phi) is 4.53. The zero-order valence-electron chi connectivity index (χ0n) is 9.94. The molecule has 0 atom stereocenters. The lowest BCUT2D eigenvalue weighted by Gasteiger charge is -2.02. The van der Waals surface area contributed by atoms with E-state index in [2.05, 4.69) is 15.5 Å². The van der Waals surface area contributed by atoms with Crippen LogP contribution in [-0.4, -0.2) is 38.0 Å². The van der Waals surface area contributed by atoms with Crippen molar-refractivity contribution in [1.29, 1.82) is 0 Å². The van der Waals surface area contributed by atoms with Crippen molar-refractivity contribution in [2.75, 3.05) is 11.1 Å². The molecule has 0 aliphatic carbocycles. The summed E-state index contributed by atoms with van der Waals surface area (Å²) in [4.78, 5) is 22.3. The van der Waals surface area contributed by atoms with Crippen molar-refractivity contribution in [1.82, 2.24) is 10.2 Å². The van der Waals surface area contributed by atoms with Crippen molar-refractivity contribution in [2.45, 2.75) is 4.34 Å². The number of phenols is 1. The van der Waals surface area contributed by atoms with Crippen LogP contribution in [0.2, 0.25) is 0 Å². The number of thioether (sulfide) groups is 1. The molecule has 104 valence electrons. The van der Waals surface area contributed by atoms with E-state index in [4.69, 9.17) is 5.11 Å². The molecule has 0 unspecified atom stereocenters. The van der Waals surface area contributed by atoms with Crippen LogP contribution in [-0.2, 0) is 4.79 Å². The lowest BCUT2D eigenvalue weighted by Crippen LogP contribution is -2.11. The minimum absolute atomic E-state index is 0.123. The predicted molar refractivity (Wildman–Crippen MR) is 74.3 cm³/mol. The second-order valence-corrected chi connectivity index (χ2v) is 5.73. The summed E-state index contributed by atoms with van der Waals surface area (Å²) in [5.41, 5.74) is 0.127. The van der Waals surface area contributed by atoms with E-state index >= 15 is 0 Å². The maximum Gasteiger partial charge on any atom is 0.313 e. The number of para-hydroxylation sites is 1. The van der Waals surface area contributed by atoms with E-state index in [1.165, 1.54) is 12.1 Å². The number of nitrogens with one attached hydrogen (secondary N) is 1. The molecule has 0 saturated heterocycles. The molecule has 0 saturated carbocycles. The number of nitrogens with zero attached hydrogens (tertiary/aromatic N) is 2. The average molecular weight is 311 g/mol. The Morgan fingerprint density at radius 3 is 2.75 bits per heavy atom. The number of carboxylic acids is 1. The van der Waals surface area contributed by atoms with Crippen LogP contribution < -0.4 is 5.32 Å². The third-order valence-corrected chi connectivity index (χ3v) is 4.05. The second kappa shape index (κ2) is 6.35. The van der Waals surface area contributed by atoms with E-state index in [1.807, 2.05) is 0 Å². The van der Waals surface area contributed by atoms with Gasteiger partial charge < -0.3 is 10.2 Å². The first-order chi connectivity index (χ1) is 9.56. The Morgan fingerprint density at radius 1 is 1.30 bits per heavy atom. The molecule has 1 aromatic heterocycles. The van der Waals surface area contributed by atoms with Gasteiger partial charge >= 0.3 is 5.97 Å². The lowest BCUT2D eigenvalue weighted by atomic mass is 10.2. The summed E-state index contributed by atoms with van der Waals surface area (Å²) in [5, 5.41) is 28.3. The zero-order chi connectivity index (χ0) is 14.5. The van der Waals surface area contributed by atoms with E-state index in [1.54, 1.807) is 12.1 Å². The molecule has 7 nitrogen and oxygen atoms in total. The van der Waals surface area contributed by atoms with E-state index < -0.39 is 11.9 Å². The lowest BCUT2D eigenvalue weighted by molar-refractivity contribution is -0.133. The summed E-state index contributed by atoms with van der Waals surface area (Å²) in [6.45, 7) is 0. The van der Waals surface area contributed by atoms with Crippen LogP contribution in [0.5, 0.6) is 5.75 Å². The Morgan fingerprint density at radius 2 is 2.05 bits per heavy atom. The van der Waals surface area contributed by atoms with Crippen LogP contribution in [0.15, 0.2) is 28.6 Å². The van der Waals surface area contributed by atoms with Gasteiger partial charge in [-0.3, -0.25) is 14.9 Å². The highest BCUT2D eigenvalue weighted by atomic mass is 32.2. The average Bonchev–Trinajstić information content (AvgIpc) is 2.84. The van der Waals surface area contributed by atoms with Gasteiger partial charge in [-0.1, -0.05) is 35.2 Å². The van der Waals surface area contributed by atoms with Gasteiger partial charge in [-0.25, -0.2) is 0 Å². The van der Waals surface area contributed by atoms with E-state index in [0.717, 1.165) is 23.1 Å². The molecule has 20 heavy (non-hydrogen) atoms. The molecule has 2 rings (SSSR count). The molecule has 0 aliphatic rings. The summed E-state index contributed by atoms with van der Waals surface area (Å²) >= 11 is 2.09. The number of hydrogen-bond donors (Lipinski definition) is 3. The third kappa shape index (κ3) is 3.68. The Hall–Kier alpha value is -2.13. The summed E-state index contributed by atoms with van der Waals surface area (Å²) in [6.07, 6.45) is 0. The van der Waals surface area contributed by atoms with Gasteiger partial charge in [0.2, 0.25) is 5.13 Å². The third-order valence-electron chi connectivity index (χ3n) is 2.09. The van der Waals surface area contributed by atoms with Crippen molar-refractivity contribution >= 4 is 40.1 Å². The van der Waals surface area contributed by atoms with Crippen LogP contribution in [0.25, 0.3) is 0 Å². The molecule has 0 fully saturated rings.